The number of aryl methyl sites for hydroxylation is 1. The Hall–Kier alpha value is -3.06. The lowest BCUT2D eigenvalue weighted by Gasteiger charge is -2.30. The van der Waals surface area contributed by atoms with Gasteiger partial charge in [0.25, 0.3) is 5.91 Å². The Morgan fingerprint density at radius 2 is 2.00 bits per heavy atom. The molecule has 0 saturated carbocycles. The summed E-state index contributed by atoms with van der Waals surface area (Å²) in [4.78, 5) is 13.1. The third kappa shape index (κ3) is 4.09. The normalized spacial score (nSPS) is 16.2. The van der Waals surface area contributed by atoms with Crippen LogP contribution in [0.4, 0.5) is 5.69 Å². The van der Waals surface area contributed by atoms with Gasteiger partial charge < -0.3 is 25.8 Å². The third-order valence-electron chi connectivity index (χ3n) is 4.52. The number of ether oxygens (including phenoxy) is 1. The lowest BCUT2D eigenvalue weighted by molar-refractivity contribution is -0.113. The number of aromatic hydroxyl groups is 1. The number of anilines is 1. The van der Waals surface area contributed by atoms with Gasteiger partial charge in [0.2, 0.25) is 0 Å². The van der Waals surface area contributed by atoms with Gasteiger partial charge >= 0.3 is 0 Å². The summed E-state index contributed by atoms with van der Waals surface area (Å²) in [5, 5.41) is 19.6. The Bertz CT molecular complexity index is 956. The fraction of sp³-hybridized carbons (Fsp3) is 0.238. The number of nitrogens with one attached hydrogen (secondary N) is 3. The van der Waals surface area contributed by atoms with Gasteiger partial charge in [0.15, 0.2) is 16.6 Å². The van der Waals surface area contributed by atoms with Gasteiger partial charge in [-0.25, -0.2) is 0 Å². The van der Waals surface area contributed by atoms with Crippen molar-refractivity contribution >= 4 is 28.9 Å². The standard InChI is InChI=1S/C21H23N3O3S/c1-4-27-17-11-14(9-10-16(17)25)19-18(13(3)22-21(28)24-19)20(26)23-15-8-6-5-7-12(15)2/h5-11,19,25H,4H2,1-3H3,(H,23,26)(H2,22,24,28)/t19-/m1/s1. The predicted octanol–water partition coefficient (Wildman–Crippen LogP) is 3.53. The molecule has 6 nitrogen and oxygen atoms in total. The Labute approximate surface area is 169 Å². The molecule has 0 spiro atoms. The first-order valence-corrected chi connectivity index (χ1v) is 9.42. The van der Waals surface area contributed by atoms with Gasteiger partial charge in [-0.1, -0.05) is 24.3 Å². The number of thiocarbonyl (C=S) groups is 1. The van der Waals surface area contributed by atoms with E-state index in [9.17, 15) is 9.90 Å². The zero-order valence-electron chi connectivity index (χ0n) is 16.0. The van der Waals surface area contributed by atoms with Gasteiger partial charge in [-0.3, -0.25) is 4.79 Å². The summed E-state index contributed by atoms with van der Waals surface area (Å²) in [6.07, 6.45) is 0. The fourth-order valence-corrected chi connectivity index (χ4v) is 3.40. The number of allylic oxidation sites excluding steroid dienone is 1. The molecule has 28 heavy (non-hydrogen) atoms. The minimum atomic E-state index is -0.474. The van der Waals surface area contributed by atoms with E-state index in [4.69, 9.17) is 17.0 Å². The van der Waals surface area contributed by atoms with Crippen LogP contribution in [0, 0.1) is 6.92 Å². The molecule has 0 radical (unpaired) electrons. The average molecular weight is 398 g/mol. The summed E-state index contributed by atoms with van der Waals surface area (Å²) in [7, 11) is 0. The molecule has 0 aromatic heterocycles. The van der Waals surface area contributed by atoms with Crippen LogP contribution in [0.2, 0.25) is 0 Å². The van der Waals surface area contributed by atoms with Crippen molar-refractivity contribution in [3.8, 4) is 11.5 Å². The van der Waals surface area contributed by atoms with Crippen LogP contribution in [0.15, 0.2) is 53.7 Å². The number of benzene rings is 2. The van der Waals surface area contributed by atoms with Crippen LogP contribution in [0.3, 0.4) is 0 Å². The van der Waals surface area contributed by atoms with Gasteiger partial charge in [-0.05, 0) is 62.3 Å². The van der Waals surface area contributed by atoms with Crippen LogP contribution < -0.4 is 20.7 Å². The zero-order chi connectivity index (χ0) is 20.3. The monoisotopic (exact) mass is 397 g/mol. The molecule has 1 heterocycles. The molecule has 1 atom stereocenters. The number of phenols is 1. The van der Waals surface area contributed by atoms with E-state index >= 15 is 0 Å². The van der Waals surface area contributed by atoms with Gasteiger partial charge in [0.05, 0.1) is 18.2 Å². The van der Waals surface area contributed by atoms with Crippen LogP contribution in [0.5, 0.6) is 11.5 Å². The highest BCUT2D eigenvalue weighted by Gasteiger charge is 2.30. The molecule has 0 aliphatic carbocycles. The van der Waals surface area contributed by atoms with E-state index in [1.807, 2.05) is 45.0 Å². The molecule has 146 valence electrons. The summed E-state index contributed by atoms with van der Waals surface area (Å²) in [5.41, 5.74) is 3.68. The molecule has 1 aliphatic rings. The second kappa shape index (κ2) is 8.31. The Balaban J connectivity index is 1.98. The van der Waals surface area contributed by atoms with Crippen molar-refractivity contribution < 1.29 is 14.6 Å². The van der Waals surface area contributed by atoms with Crippen LogP contribution in [-0.2, 0) is 4.79 Å². The number of carbonyl (C=O) groups is 1. The first-order valence-electron chi connectivity index (χ1n) is 9.01. The first-order chi connectivity index (χ1) is 13.4. The van der Waals surface area contributed by atoms with Crippen molar-refractivity contribution in [1.29, 1.82) is 0 Å². The van der Waals surface area contributed by atoms with Crippen molar-refractivity contribution in [1.82, 2.24) is 10.6 Å². The fourth-order valence-electron chi connectivity index (χ4n) is 3.13. The Morgan fingerprint density at radius 3 is 2.71 bits per heavy atom. The van der Waals surface area contributed by atoms with Crippen molar-refractivity contribution in [3.63, 3.8) is 0 Å². The van der Waals surface area contributed by atoms with Crippen molar-refractivity contribution in [2.45, 2.75) is 26.8 Å². The minimum absolute atomic E-state index is 0.0497. The number of phenolic OH excluding ortho intramolecular Hbond substituents is 1. The molecule has 2 aromatic carbocycles. The second-order valence-electron chi connectivity index (χ2n) is 6.50. The Morgan fingerprint density at radius 1 is 1.25 bits per heavy atom. The smallest absolute Gasteiger partial charge is 0.255 e. The van der Waals surface area contributed by atoms with Crippen LogP contribution in [-0.4, -0.2) is 22.7 Å². The van der Waals surface area contributed by atoms with Gasteiger partial charge in [0.1, 0.15) is 0 Å². The van der Waals surface area contributed by atoms with Crippen LogP contribution >= 0.6 is 12.2 Å². The molecular formula is C21H23N3O3S. The largest absolute Gasteiger partial charge is 0.504 e. The van der Waals surface area contributed by atoms with E-state index in [2.05, 4.69) is 16.0 Å². The highest BCUT2D eigenvalue weighted by Crippen LogP contribution is 2.34. The number of hydrogen-bond donors (Lipinski definition) is 4. The molecule has 0 fully saturated rings. The predicted molar refractivity (Wildman–Crippen MR) is 113 cm³/mol. The van der Waals surface area contributed by atoms with Gasteiger partial charge in [0, 0.05) is 11.4 Å². The quantitative estimate of drug-likeness (QED) is 0.578. The van der Waals surface area contributed by atoms with Crippen molar-refractivity contribution in [3.05, 3.63) is 64.9 Å². The molecule has 1 amide bonds. The van der Waals surface area contributed by atoms with Crippen molar-refractivity contribution in [2.75, 3.05) is 11.9 Å². The van der Waals surface area contributed by atoms with E-state index < -0.39 is 6.04 Å². The van der Waals surface area contributed by atoms with Gasteiger partial charge in [-0.2, -0.15) is 0 Å². The number of para-hydroxylation sites is 1. The van der Waals surface area contributed by atoms with E-state index in [0.717, 1.165) is 16.8 Å². The number of amides is 1. The summed E-state index contributed by atoms with van der Waals surface area (Å²) >= 11 is 5.29. The third-order valence-corrected chi connectivity index (χ3v) is 4.74. The molecule has 0 saturated heterocycles. The minimum Gasteiger partial charge on any atom is -0.504 e. The van der Waals surface area contributed by atoms with E-state index in [1.165, 1.54) is 0 Å². The van der Waals surface area contributed by atoms with Crippen molar-refractivity contribution in [2.24, 2.45) is 0 Å². The molecule has 7 heteroatoms. The average Bonchev–Trinajstić information content (AvgIpc) is 2.65. The number of hydrogen-bond acceptors (Lipinski definition) is 4. The maximum atomic E-state index is 13.1. The lowest BCUT2D eigenvalue weighted by Crippen LogP contribution is -2.45. The SMILES string of the molecule is CCOc1cc([C@H]2NC(=S)NC(C)=C2C(=O)Nc2ccccc2C)ccc1O. The number of carbonyl (C=O) groups excluding carboxylic acids is 1. The maximum absolute atomic E-state index is 13.1. The zero-order valence-corrected chi connectivity index (χ0v) is 16.8. The molecule has 4 N–H and O–H groups in total. The molecular weight excluding hydrogens is 374 g/mol. The first kappa shape index (κ1) is 19.7. The molecule has 3 rings (SSSR count). The van der Waals surface area contributed by atoms with E-state index in [-0.39, 0.29) is 11.7 Å². The van der Waals surface area contributed by atoms with Gasteiger partial charge in [-0.15, -0.1) is 0 Å². The van der Waals surface area contributed by atoms with E-state index in [0.29, 0.717) is 28.7 Å². The summed E-state index contributed by atoms with van der Waals surface area (Å²) < 4.78 is 5.49. The Kier molecular flexibility index (Phi) is 5.84. The lowest BCUT2D eigenvalue weighted by atomic mass is 9.94. The van der Waals surface area contributed by atoms with Crippen LogP contribution in [0.25, 0.3) is 0 Å². The van der Waals surface area contributed by atoms with E-state index in [1.54, 1.807) is 18.2 Å². The van der Waals surface area contributed by atoms with Crippen LogP contribution in [0.1, 0.15) is 31.0 Å². The molecule has 2 aromatic rings. The number of rotatable bonds is 5. The maximum Gasteiger partial charge on any atom is 0.255 e. The summed E-state index contributed by atoms with van der Waals surface area (Å²) in [5.74, 6) is 0.182. The topological polar surface area (TPSA) is 82.6 Å². The summed E-state index contributed by atoms with van der Waals surface area (Å²) in [6.45, 7) is 6.02. The molecule has 0 bridgehead atoms. The summed E-state index contributed by atoms with van der Waals surface area (Å²) in [6, 6.07) is 12.2. The molecule has 1 aliphatic heterocycles. The molecule has 0 unspecified atom stereocenters. The second-order valence-corrected chi connectivity index (χ2v) is 6.91. The highest BCUT2D eigenvalue weighted by molar-refractivity contribution is 7.80. The highest BCUT2D eigenvalue weighted by atomic mass is 32.1.